The molecule has 52 valence electrons. The first kappa shape index (κ1) is 6.83. The van der Waals surface area contributed by atoms with E-state index in [1.165, 1.54) is 0 Å². The molecule has 0 bridgehead atoms. The Balaban J connectivity index is 2.57. The van der Waals surface area contributed by atoms with Crippen molar-refractivity contribution < 1.29 is 9.94 Å². The van der Waals surface area contributed by atoms with Crippen LogP contribution < -0.4 is 0 Å². The molecule has 0 fully saturated rings. The molecule has 1 aliphatic heterocycles. The number of aliphatic hydroxyl groups excluding tert-OH is 1. The molecule has 1 rings (SSSR count). The van der Waals surface area contributed by atoms with Crippen LogP contribution in [0.2, 0.25) is 0 Å². The Hall–Kier alpha value is -0.280. The van der Waals surface area contributed by atoms with Crippen molar-refractivity contribution in [3.05, 3.63) is 0 Å². The van der Waals surface area contributed by atoms with Crippen molar-refractivity contribution >= 4 is 16.8 Å². The first-order chi connectivity index (χ1) is 4.25. The van der Waals surface area contributed by atoms with Gasteiger partial charge in [-0.15, -0.1) is 0 Å². The number of rotatable bonds is 1. The Bertz CT molecular complexity index is 137. The van der Waals surface area contributed by atoms with Gasteiger partial charge in [0.1, 0.15) is 6.10 Å². The summed E-state index contributed by atoms with van der Waals surface area (Å²) in [5.74, 6) is -0.119. The Morgan fingerprint density at radius 1 is 1.89 bits per heavy atom. The van der Waals surface area contributed by atoms with Crippen LogP contribution in [0.15, 0.2) is 5.16 Å². The summed E-state index contributed by atoms with van der Waals surface area (Å²) in [6.45, 7) is 1.82. The van der Waals surface area contributed by atoms with Crippen molar-refractivity contribution in [1.29, 1.82) is 0 Å². The van der Waals surface area contributed by atoms with Gasteiger partial charge in [-0.05, 0) is 6.92 Å². The number of halogens is 1. The van der Waals surface area contributed by atoms with E-state index in [1.807, 2.05) is 6.92 Å². The lowest BCUT2D eigenvalue weighted by atomic mass is 10.1. The van der Waals surface area contributed by atoms with E-state index in [0.29, 0.717) is 5.17 Å². The molecule has 0 spiro atoms. The van der Waals surface area contributed by atoms with E-state index < -0.39 is 0 Å². The number of hydrogen-bond acceptors (Lipinski definition) is 3. The monoisotopic (exact) mass is 149 g/mol. The summed E-state index contributed by atoms with van der Waals surface area (Å²) in [5, 5.41) is 12.5. The van der Waals surface area contributed by atoms with Crippen molar-refractivity contribution in [3.63, 3.8) is 0 Å². The molecule has 4 heteroatoms. The lowest BCUT2D eigenvalue weighted by molar-refractivity contribution is 0.0596. The number of oxime groups is 1. The Labute approximate surface area is 58.3 Å². The van der Waals surface area contributed by atoms with Crippen LogP contribution in [0.3, 0.4) is 0 Å². The van der Waals surface area contributed by atoms with Gasteiger partial charge in [0.05, 0.1) is 12.5 Å². The molecule has 2 unspecified atom stereocenters. The molecule has 0 aliphatic carbocycles. The van der Waals surface area contributed by atoms with Crippen molar-refractivity contribution in [1.82, 2.24) is 0 Å². The van der Waals surface area contributed by atoms with Crippen LogP contribution in [0, 0.1) is 5.92 Å². The van der Waals surface area contributed by atoms with Gasteiger partial charge in [0.25, 0.3) is 0 Å². The fourth-order valence-electron chi connectivity index (χ4n) is 0.692. The van der Waals surface area contributed by atoms with Crippen LogP contribution in [0.1, 0.15) is 6.92 Å². The van der Waals surface area contributed by atoms with Gasteiger partial charge in [0.15, 0.2) is 5.17 Å². The minimum absolute atomic E-state index is 0.00347. The zero-order valence-corrected chi connectivity index (χ0v) is 5.80. The summed E-state index contributed by atoms with van der Waals surface area (Å²) >= 11 is 5.54. The smallest absolute Gasteiger partial charge is 0.154 e. The van der Waals surface area contributed by atoms with Gasteiger partial charge >= 0.3 is 0 Å². The second kappa shape index (κ2) is 2.54. The Kier molecular flexibility index (Phi) is 1.93. The SMILES string of the molecule is CC1ON=C(Cl)C1CO. The fourth-order valence-corrected chi connectivity index (χ4v) is 0.978. The van der Waals surface area contributed by atoms with Crippen LogP contribution in [-0.2, 0) is 4.84 Å². The second-order valence-electron chi connectivity index (χ2n) is 2.01. The van der Waals surface area contributed by atoms with Crippen LogP contribution in [-0.4, -0.2) is 23.0 Å². The molecule has 0 amide bonds. The molecule has 0 saturated carbocycles. The lowest BCUT2D eigenvalue weighted by Gasteiger charge is -2.07. The van der Waals surface area contributed by atoms with E-state index in [0.717, 1.165) is 0 Å². The average Bonchev–Trinajstić information content (AvgIpc) is 2.12. The summed E-state index contributed by atoms with van der Waals surface area (Å²) in [6, 6.07) is 0. The molecular formula is C5H8ClNO2. The molecule has 2 atom stereocenters. The summed E-state index contributed by atoms with van der Waals surface area (Å²) in [7, 11) is 0. The number of nitrogens with zero attached hydrogens (tertiary/aromatic N) is 1. The van der Waals surface area contributed by atoms with E-state index in [2.05, 4.69) is 5.16 Å². The van der Waals surface area contributed by atoms with E-state index in [4.69, 9.17) is 21.5 Å². The van der Waals surface area contributed by atoms with E-state index in [9.17, 15) is 0 Å². The molecule has 1 aliphatic rings. The molecule has 1 N–H and O–H groups in total. The quantitative estimate of drug-likeness (QED) is 0.592. The molecule has 3 nitrogen and oxygen atoms in total. The maximum Gasteiger partial charge on any atom is 0.154 e. The molecule has 1 heterocycles. The van der Waals surface area contributed by atoms with Gasteiger partial charge in [0, 0.05) is 0 Å². The van der Waals surface area contributed by atoms with Crippen LogP contribution in [0.5, 0.6) is 0 Å². The van der Waals surface area contributed by atoms with E-state index in [1.54, 1.807) is 0 Å². The van der Waals surface area contributed by atoms with Crippen LogP contribution in [0.25, 0.3) is 0 Å². The standard InChI is InChI=1S/C5H8ClNO2/c1-3-4(2-8)5(6)7-9-3/h3-4,8H,2H2,1H3. The Morgan fingerprint density at radius 3 is 2.78 bits per heavy atom. The fraction of sp³-hybridized carbons (Fsp3) is 0.800. The minimum Gasteiger partial charge on any atom is -0.395 e. The third-order valence-electron chi connectivity index (χ3n) is 1.38. The highest BCUT2D eigenvalue weighted by atomic mass is 35.5. The highest BCUT2D eigenvalue weighted by Crippen LogP contribution is 2.19. The number of hydrogen-bond donors (Lipinski definition) is 1. The predicted octanol–water partition coefficient (Wildman–Crippen LogP) is 0.566. The molecule has 0 radical (unpaired) electrons. The zero-order chi connectivity index (χ0) is 6.85. The third kappa shape index (κ3) is 1.17. The predicted molar refractivity (Wildman–Crippen MR) is 34.4 cm³/mol. The maximum absolute atomic E-state index is 8.66. The summed E-state index contributed by atoms with van der Waals surface area (Å²) in [4.78, 5) is 4.76. The van der Waals surface area contributed by atoms with Gasteiger partial charge in [-0.3, -0.25) is 0 Å². The van der Waals surface area contributed by atoms with Crippen LogP contribution >= 0.6 is 11.6 Å². The normalized spacial score (nSPS) is 33.9. The third-order valence-corrected chi connectivity index (χ3v) is 1.72. The lowest BCUT2D eigenvalue weighted by Crippen LogP contribution is -2.21. The molecular weight excluding hydrogens is 142 g/mol. The summed E-state index contributed by atoms with van der Waals surface area (Å²) in [5.41, 5.74) is 0. The van der Waals surface area contributed by atoms with Gasteiger partial charge in [-0.1, -0.05) is 16.8 Å². The second-order valence-corrected chi connectivity index (χ2v) is 2.40. The largest absolute Gasteiger partial charge is 0.395 e. The summed E-state index contributed by atoms with van der Waals surface area (Å²) < 4.78 is 0. The van der Waals surface area contributed by atoms with Gasteiger partial charge < -0.3 is 9.94 Å². The van der Waals surface area contributed by atoms with Gasteiger partial charge in [-0.2, -0.15) is 0 Å². The minimum atomic E-state index is -0.119. The molecule has 0 aromatic heterocycles. The van der Waals surface area contributed by atoms with Crippen molar-refractivity contribution in [2.75, 3.05) is 6.61 Å². The first-order valence-electron chi connectivity index (χ1n) is 2.75. The molecule has 0 aromatic rings. The van der Waals surface area contributed by atoms with Crippen LogP contribution in [0.4, 0.5) is 0 Å². The van der Waals surface area contributed by atoms with E-state index >= 15 is 0 Å². The van der Waals surface area contributed by atoms with E-state index in [-0.39, 0.29) is 18.6 Å². The topological polar surface area (TPSA) is 41.8 Å². The van der Waals surface area contributed by atoms with Gasteiger partial charge in [0.2, 0.25) is 0 Å². The zero-order valence-electron chi connectivity index (χ0n) is 5.04. The van der Waals surface area contributed by atoms with Gasteiger partial charge in [-0.25, -0.2) is 0 Å². The molecule has 0 saturated heterocycles. The molecule has 0 aromatic carbocycles. The summed E-state index contributed by atoms with van der Waals surface area (Å²) in [6.07, 6.45) is -0.0810. The van der Waals surface area contributed by atoms with Crippen molar-refractivity contribution in [2.45, 2.75) is 13.0 Å². The maximum atomic E-state index is 8.66. The molecule has 9 heavy (non-hydrogen) atoms. The number of aliphatic hydroxyl groups is 1. The first-order valence-corrected chi connectivity index (χ1v) is 3.13. The van der Waals surface area contributed by atoms with Crippen molar-refractivity contribution in [3.8, 4) is 0 Å². The highest BCUT2D eigenvalue weighted by molar-refractivity contribution is 6.66. The average molecular weight is 150 g/mol. The Morgan fingerprint density at radius 2 is 2.56 bits per heavy atom. The highest BCUT2D eigenvalue weighted by Gasteiger charge is 2.28. The van der Waals surface area contributed by atoms with Crippen molar-refractivity contribution in [2.24, 2.45) is 11.1 Å².